The Balaban J connectivity index is 1.96. The van der Waals surface area contributed by atoms with Crippen LogP contribution in [0.5, 0.6) is 5.75 Å². The minimum atomic E-state index is -0.496. The lowest BCUT2D eigenvalue weighted by molar-refractivity contribution is -0.114. The Morgan fingerprint density at radius 3 is 2.41 bits per heavy atom. The second-order valence-corrected chi connectivity index (χ2v) is 4.52. The summed E-state index contributed by atoms with van der Waals surface area (Å²) < 4.78 is 0. The number of phenols is 1. The van der Waals surface area contributed by atoms with Crippen molar-refractivity contribution in [2.45, 2.75) is 6.92 Å². The average molecular weight is 297 g/mol. The smallest absolute Gasteiger partial charge is 0.275 e. The first kappa shape index (κ1) is 15.2. The minimum Gasteiger partial charge on any atom is -0.507 e. The summed E-state index contributed by atoms with van der Waals surface area (Å²) in [4.78, 5) is 22.7. The Morgan fingerprint density at radius 2 is 1.77 bits per heavy atom. The Kier molecular flexibility index (Phi) is 4.87. The number of anilines is 1. The molecule has 2 amide bonds. The van der Waals surface area contributed by atoms with Crippen LogP contribution in [0.3, 0.4) is 0 Å². The maximum Gasteiger partial charge on any atom is 0.275 e. The van der Waals surface area contributed by atoms with Crippen LogP contribution in [-0.4, -0.2) is 23.1 Å². The predicted octanol–water partition coefficient (Wildman–Crippen LogP) is 2.11. The Bertz CT molecular complexity index is 709. The van der Waals surface area contributed by atoms with Gasteiger partial charge in [-0.15, -0.1) is 0 Å². The molecule has 2 aromatic carbocycles. The molecule has 0 aromatic heterocycles. The van der Waals surface area contributed by atoms with Crippen molar-refractivity contribution in [2.24, 2.45) is 5.10 Å². The molecule has 112 valence electrons. The number of hydrazone groups is 1. The topological polar surface area (TPSA) is 90.8 Å². The molecule has 2 rings (SSSR count). The van der Waals surface area contributed by atoms with E-state index in [1.165, 1.54) is 25.3 Å². The summed E-state index contributed by atoms with van der Waals surface area (Å²) in [7, 11) is 0. The minimum absolute atomic E-state index is 0.102. The van der Waals surface area contributed by atoms with E-state index in [2.05, 4.69) is 15.8 Å². The molecule has 6 heteroatoms. The van der Waals surface area contributed by atoms with E-state index in [1.807, 2.05) is 0 Å². The van der Waals surface area contributed by atoms with Gasteiger partial charge in [-0.3, -0.25) is 9.59 Å². The van der Waals surface area contributed by atoms with Gasteiger partial charge in [0.25, 0.3) is 5.91 Å². The fourth-order valence-corrected chi connectivity index (χ4v) is 1.75. The van der Waals surface area contributed by atoms with E-state index in [4.69, 9.17) is 0 Å². The molecular weight excluding hydrogens is 282 g/mol. The zero-order chi connectivity index (χ0) is 15.9. The molecular formula is C16H15N3O3. The Hall–Kier alpha value is -3.15. The van der Waals surface area contributed by atoms with Crippen molar-refractivity contribution in [2.75, 3.05) is 5.32 Å². The number of carbonyl (C=O) groups is 2. The maximum atomic E-state index is 11.8. The number of aromatic hydroxyl groups is 1. The van der Waals surface area contributed by atoms with Gasteiger partial charge in [-0.05, 0) is 29.8 Å². The number of phenolic OH excluding ortho intramolecular Hbond substituents is 1. The van der Waals surface area contributed by atoms with Gasteiger partial charge in [0.05, 0.1) is 11.8 Å². The number of nitrogens with one attached hydrogen (secondary N) is 2. The summed E-state index contributed by atoms with van der Waals surface area (Å²) >= 11 is 0. The van der Waals surface area contributed by atoms with Crippen LogP contribution in [-0.2, 0) is 4.79 Å². The molecule has 0 radical (unpaired) electrons. The maximum absolute atomic E-state index is 11.8. The molecule has 3 N–H and O–H groups in total. The molecule has 0 aliphatic rings. The highest BCUT2D eigenvalue weighted by Crippen LogP contribution is 2.14. The van der Waals surface area contributed by atoms with Crippen LogP contribution in [0.15, 0.2) is 53.6 Å². The number of benzene rings is 2. The zero-order valence-electron chi connectivity index (χ0n) is 11.9. The van der Waals surface area contributed by atoms with E-state index in [0.29, 0.717) is 5.69 Å². The first-order valence-corrected chi connectivity index (χ1v) is 6.55. The van der Waals surface area contributed by atoms with Gasteiger partial charge in [0.15, 0.2) is 0 Å². The first-order valence-electron chi connectivity index (χ1n) is 6.55. The molecule has 0 aliphatic carbocycles. The quantitative estimate of drug-likeness (QED) is 0.596. The molecule has 0 unspecified atom stereocenters. The van der Waals surface area contributed by atoms with Crippen LogP contribution < -0.4 is 10.7 Å². The Morgan fingerprint density at radius 1 is 1.09 bits per heavy atom. The van der Waals surface area contributed by atoms with E-state index in [9.17, 15) is 14.7 Å². The van der Waals surface area contributed by atoms with Gasteiger partial charge in [0.2, 0.25) is 5.91 Å². The molecule has 0 bridgehead atoms. The Labute approximate surface area is 127 Å². The van der Waals surface area contributed by atoms with Crippen molar-refractivity contribution in [3.8, 4) is 5.75 Å². The van der Waals surface area contributed by atoms with Gasteiger partial charge in [-0.25, -0.2) is 5.43 Å². The summed E-state index contributed by atoms with van der Waals surface area (Å²) in [6.45, 7) is 1.43. The SMILES string of the molecule is CC(=O)Nc1ccc(/C=N\NC(=O)c2ccccc2O)cc1. The van der Waals surface area contributed by atoms with Crippen molar-refractivity contribution in [3.63, 3.8) is 0 Å². The van der Waals surface area contributed by atoms with Gasteiger partial charge in [-0.1, -0.05) is 24.3 Å². The summed E-state index contributed by atoms with van der Waals surface area (Å²) in [5, 5.41) is 16.0. The number of carbonyl (C=O) groups excluding carboxylic acids is 2. The van der Waals surface area contributed by atoms with Crippen molar-refractivity contribution in [1.29, 1.82) is 0 Å². The molecule has 0 atom stereocenters. The second kappa shape index (κ2) is 7.03. The standard InChI is InChI=1S/C16H15N3O3/c1-11(20)18-13-8-6-12(7-9-13)10-17-19-16(22)14-4-2-3-5-15(14)21/h2-10,21H,1H3,(H,18,20)(H,19,22)/b17-10-. The van der Waals surface area contributed by atoms with E-state index >= 15 is 0 Å². The largest absolute Gasteiger partial charge is 0.507 e. The lowest BCUT2D eigenvalue weighted by Crippen LogP contribution is -2.17. The predicted molar refractivity (Wildman–Crippen MR) is 83.9 cm³/mol. The molecule has 0 fully saturated rings. The van der Waals surface area contributed by atoms with E-state index in [0.717, 1.165) is 5.56 Å². The molecule has 0 saturated carbocycles. The van der Waals surface area contributed by atoms with Gasteiger partial charge < -0.3 is 10.4 Å². The van der Waals surface area contributed by atoms with Crippen molar-refractivity contribution in [1.82, 2.24) is 5.43 Å². The van der Waals surface area contributed by atoms with Crippen LogP contribution in [0.1, 0.15) is 22.8 Å². The monoisotopic (exact) mass is 297 g/mol. The number of rotatable bonds is 4. The van der Waals surface area contributed by atoms with Gasteiger partial charge in [0.1, 0.15) is 5.75 Å². The highest BCUT2D eigenvalue weighted by molar-refractivity contribution is 5.97. The molecule has 22 heavy (non-hydrogen) atoms. The van der Waals surface area contributed by atoms with Gasteiger partial charge in [-0.2, -0.15) is 5.10 Å². The highest BCUT2D eigenvalue weighted by Gasteiger charge is 2.08. The van der Waals surface area contributed by atoms with E-state index in [1.54, 1.807) is 36.4 Å². The molecule has 0 saturated heterocycles. The molecule has 6 nitrogen and oxygen atoms in total. The van der Waals surface area contributed by atoms with Crippen molar-refractivity contribution >= 4 is 23.7 Å². The zero-order valence-corrected chi connectivity index (χ0v) is 11.9. The number of para-hydroxylation sites is 1. The molecule has 0 aliphatic heterocycles. The summed E-state index contributed by atoms with van der Waals surface area (Å²) in [5.74, 6) is -0.740. The van der Waals surface area contributed by atoms with E-state index < -0.39 is 5.91 Å². The fraction of sp³-hybridized carbons (Fsp3) is 0.0625. The molecule has 2 aromatic rings. The summed E-state index contributed by atoms with van der Waals surface area (Å²) in [5.41, 5.74) is 3.93. The van der Waals surface area contributed by atoms with Crippen LogP contribution in [0, 0.1) is 0 Å². The van der Waals surface area contributed by atoms with Gasteiger partial charge in [0, 0.05) is 12.6 Å². The first-order chi connectivity index (χ1) is 10.6. The molecule has 0 heterocycles. The highest BCUT2D eigenvalue weighted by atomic mass is 16.3. The number of hydrogen-bond acceptors (Lipinski definition) is 4. The van der Waals surface area contributed by atoms with E-state index in [-0.39, 0.29) is 17.2 Å². The summed E-state index contributed by atoms with van der Waals surface area (Å²) in [6.07, 6.45) is 1.47. The van der Waals surface area contributed by atoms with Crippen LogP contribution in [0.2, 0.25) is 0 Å². The fourth-order valence-electron chi connectivity index (χ4n) is 1.75. The van der Waals surface area contributed by atoms with Gasteiger partial charge >= 0.3 is 0 Å². The summed E-state index contributed by atoms with van der Waals surface area (Å²) in [6, 6.07) is 13.2. The lowest BCUT2D eigenvalue weighted by Gasteiger charge is -2.03. The normalized spacial score (nSPS) is 10.4. The third kappa shape index (κ3) is 4.17. The van der Waals surface area contributed by atoms with Crippen molar-refractivity contribution in [3.05, 3.63) is 59.7 Å². The second-order valence-electron chi connectivity index (χ2n) is 4.52. The number of amides is 2. The van der Waals surface area contributed by atoms with Crippen LogP contribution in [0.25, 0.3) is 0 Å². The van der Waals surface area contributed by atoms with Crippen LogP contribution >= 0.6 is 0 Å². The molecule has 0 spiro atoms. The number of hydrogen-bond donors (Lipinski definition) is 3. The third-order valence-electron chi connectivity index (χ3n) is 2.76. The third-order valence-corrected chi connectivity index (χ3v) is 2.76. The van der Waals surface area contributed by atoms with Crippen LogP contribution in [0.4, 0.5) is 5.69 Å². The van der Waals surface area contributed by atoms with Crippen molar-refractivity contribution < 1.29 is 14.7 Å². The number of nitrogens with zero attached hydrogens (tertiary/aromatic N) is 1. The lowest BCUT2D eigenvalue weighted by atomic mass is 10.2. The average Bonchev–Trinajstić information content (AvgIpc) is 2.49.